The minimum atomic E-state index is 0.0317. The van der Waals surface area contributed by atoms with Crippen molar-refractivity contribution in [3.05, 3.63) is 95.1 Å². The standard InChI is InChI=1S/C30H27N5O/c1-17-6-5-7-21(14-17)32-33-26-13-12-25(23-9-8-18(2)15-24(23)26)34-35-27-11-10-22-19(3)16-20(4)29(31)28(22)30(27)36/h5-16,36H,31H2,1-4H3. The molecule has 5 rings (SSSR count). The molecule has 6 nitrogen and oxygen atoms in total. The van der Waals surface area contributed by atoms with Crippen LogP contribution in [0.5, 0.6) is 5.75 Å². The molecule has 178 valence electrons. The molecular formula is C30H27N5O. The van der Waals surface area contributed by atoms with Crippen LogP contribution >= 0.6 is 0 Å². The number of anilines is 1. The molecule has 3 N–H and O–H groups in total. The van der Waals surface area contributed by atoms with E-state index in [1.165, 1.54) is 0 Å². The molecule has 0 radical (unpaired) electrons. The molecule has 6 heteroatoms. The van der Waals surface area contributed by atoms with Gasteiger partial charge in [0.15, 0.2) is 5.75 Å². The summed E-state index contributed by atoms with van der Waals surface area (Å²) in [6, 6.07) is 23.5. The molecule has 5 aromatic rings. The van der Waals surface area contributed by atoms with E-state index in [2.05, 4.69) is 26.5 Å². The fraction of sp³-hybridized carbons (Fsp3) is 0.133. The van der Waals surface area contributed by atoms with Gasteiger partial charge in [0.05, 0.1) is 17.1 Å². The Morgan fingerprint density at radius 1 is 0.583 bits per heavy atom. The Morgan fingerprint density at radius 3 is 2.00 bits per heavy atom. The molecule has 0 spiro atoms. The second kappa shape index (κ2) is 9.23. The fourth-order valence-corrected chi connectivity index (χ4v) is 4.45. The Bertz CT molecular complexity index is 1700. The summed E-state index contributed by atoms with van der Waals surface area (Å²) in [6.45, 7) is 8.00. The lowest BCUT2D eigenvalue weighted by molar-refractivity contribution is 0.483. The van der Waals surface area contributed by atoms with Gasteiger partial charge in [-0.15, -0.1) is 15.3 Å². The number of phenols is 1. The van der Waals surface area contributed by atoms with E-state index in [1.54, 1.807) is 6.07 Å². The number of hydrogen-bond donors (Lipinski definition) is 2. The Kier molecular flexibility index (Phi) is 5.94. The summed E-state index contributed by atoms with van der Waals surface area (Å²) in [5.41, 5.74) is 13.6. The van der Waals surface area contributed by atoms with E-state index >= 15 is 0 Å². The van der Waals surface area contributed by atoms with Gasteiger partial charge in [0.2, 0.25) is 0 Å². The third-order valence-corrected chi connectivity index (χ3v) is 6.38. The second-order valence-electron chi connectivity index (χ2n) is 9.17. The van der Waals surface area contributed by atoms with Crippen molar-refractivity contribution in [2.24, 2.45) is 20.5 Å². The molecule has 0 saturated carbocycles. The van der Waals surface area contributed by atoms with E-state index in [0.29, 0.717) is 22.4 Å². The lowest BCUT2D eigenvalue weighted by atomic mass is 9.98. The molecule has 0 aliphatic rings. The number of rotatable bonds is 4. The highest BCUT2D eigenvalue weighted by Gasteiger charge is 2.13. The number of nitrogens with zero attached hydrogens (tertiary/aromatic N) is 4. The number of nitrogens with two attached hydrogens (primary N) is 1. The largest absolute Gasteiger partial charge is 0.505 e. The van der Waals surface area contributed by atoms with E-state index < -0.39 is 0 Å². The normalized spacial score (nSPS) is 11.9. The monoisotopic (exact) mass is 473 g/mol. The summed E-state index contributed by atoms with van der Waals surface area (Å²) in [4.78, 5) is 0. The molecule has 0 fully saturated rings. The maximum Gasteiger partial charge on any atom is 0.153 e. The van der Waals surface area contributed by atoms with Gasteiger partial charge < -0.3 is 10.8 Å². The van der Waals surface area contributed by atoms with Gasteiger partial charge in [-0.05, 0) is 86.2 Å². The van der Waals surface area contributed by atoms with Crippen molar-refractivity contribution in [3.63, 3.8) is 0 Å². The maximum absolute atomic E-state index is 11.0. The van der Waals surface area contributed by atoms with Gasteiger partial charge in [-0.1, -0.05) is 42.0 Å². The number of hydrogen-bond acceptors (Lipinski definition) is 6. The highest BCUT2D eigenvalue weighted by Crippen LogP contribution is 2.42. The van der Waals surface area contributed by atoms with Gasteiger partial charge in [0.1, 0.15) is 5.69 Å². The summed E-state index contributed by atoms with van der Waals surface area (Å²) in [7, 11) is 0. The fourth-order valence-electron chi connectivity index (χ4n) is 4.45. The van der Waals surface area contributed by atoms with Crippen LogP contribution < -0.4 is 5.73 Å². The molecule has 5 aromatic carbocycles. The number of nitrogen functional groups attached to an aromatic ring is 1. The Hall–Kier alpha value is -4.58. The van der Waals surface area contributed by atoms with Crippen molar-refractivity contribution in [1.82, 2.24) is 0 Å². The van der Waals surface area contributed by atoms with E-state index in [-0.39, 0.29) is 5.75 Å². The van der Waals surface area contributed by atoms with Gasteiger partial charge in [-0.3, -0.25) is 0 Å². The minimum absolute atomic E-state index is 0.0317. The lowest BCUT2D eigenvalue weighted by Crippen LogP contribution is -1.93. The molecule has 36 heavy (non-hydrogen) atoms. The average molecular weight is 474 g/mol. The summed E-state index contributed by atoms with van der Waals surface area (Å²) in [5, 5.41) is 32.2. The topological polar surface area (TPSA) is 95.7 Å². The molecule has 0 unspecified atom stereocenters. The summed E-state index contributed by atoms with van der Waals surface area (Å²) >= 11 is 0. The average Bonchev–Trinajstić information content (AvgIpc) is 2.85. The Morgan fingerprint density at radius 2 is 1.22 bits per heavy atom. The van der Waals surface area contributed by atoms with E-state index in [0.717, 1.165) is 49.8 Å². The number of phenolic OH excluding ortho intramolecular Hbond substituents is 1. The molecule has 0 aliphatic carbocycles. The first-order valence-electron chi connectivity index (χ1n) is 11.8. The van der Waals surface area contributed by atoms with Crippen LogP contribution in [0.15, 0.2) is 93.3 Å². The number of benzene rings is 5. The van der Waals surface area contributed by atoms with Crippen molar-refractivity contribution < 1.29 is 5.11 Å². The molecule has 0 aromatic heterocycles. The van der Waals surface area contributed by atoms with Crippen LogP contribution in [0, 0.1) is 27.7 Å². The zero-order valence-electron chi connectivity index (χ0n) is 20.7. The second-order valence-corrected chi connectivity index (χ2v) is 9.17. The Balaban J connectivity index is 1.57. The van der Waals surface area contributed by atoms with Crippen molar-refractivity contribution in [2.75, 3.05) is 5.73 Å². The van der Waals surface area contributed by atoms with Crippen LogP contribution in [-0.2, 0) is 0 Å². The predicted octanol–water partition coefficient (Wildman–Crippen LogP) is 9.35. The first-order chi connectivity index (χ1) is 17.3. The van der Waals surface area contributed by atoms with Crippen LogP contribution in [0.3, 0.4) is 0 Å². The molecule has 0 saturated heterocycles. The number of azo groups is 2. The molecule has 0 amide bonds. The molecule has 0 bridgehead atoms. The number of aryl methyl sites for hydroxylation is 4. The van der Waals surface area contributed by atoms with Gasteiger partial charge in [0.25, 0.3) is 0 Å². The van der Waals surface area contributed by atoms with E-state index in [9.17, 15) is 5.11 Å². The van der Waals surface area contributed by atoms with Gasteiger partial charge in [-0.25, -0.2) is 0 Å². The molecule has 0 aliphatic heterocycles. The minimum Gasteiger partial charge on any atom is -0.505 e. The lowest BCUT2D eigenvalue weighted by Gasteiger charge is -2.12. The van der Waals surface area contributed by atoms with Crippen LogP contribution in [0.2, 0.25) is 0 Å². The van der Waals surface area contributed by atoms with Gasteiger partial charge >= 0.3 is 0 Å². The third-order valence-electron chi connectivity index (χ3n) is 6.38. The van der Waals surface area contributed by atoms with Crippen LogP contribution in [0.1, 0.15) is 22.3 Å². The quantitative estimate of drug-likeness (QED) is 0.201. The first-order valence-corrected chi connectivity index (χ1v) is 11.8. The zero-order chi connectivity index (χ0) is 25.4. The zero-order valence-corrected chi connectivity index (χ0v) is 20.7. The number of fused-ring (bicyclic) bond motifs is 2. The van der Waals surface area contributed by atoms with Crippen molar-refractivity contribution in [2.45, 2.75) is 27.7 Å². The smallest absolute Gasteiger partial charge is 0.153 e. The van der Waals surface area contributed by atoms with Crippen molar-refractivity contribution in [1.29, 1.82) is 0 Å². The summed E-state index contributed by atoms with van der Waals surface area (Å²) in [6.07, 6.45) is 0. The SMILES string of the molecule is Cc1cccc(N=Nc2ccc(N=Nc3ccc4c(C)cc(C)c(N)c4c3O)c3ccc(C)cc23)c1. The van der Waals surface area contributed by atoms with E-state index in [1.807, 2.05) is 88.4 Å². The molecule has 0 heterocycles. The van der Waals surface area contributed by atoms with Crippen molar-refractivity contribution in [3.8, 4) is 5.75 Å². The van der Waals surface area contributed by atoms with Gasteiger partial charge in [-0.2, -0.15) is 5.11 Å². The molecule has 0 atom stereocenters. The van der Waals surface area contributed by atoms with E-state index in [4.69, 9.17) is 5.73 Å². The third kappa shape index (κ3) is 4.29. The van der Waals surface area contributed by atoms with Crippen LogP contribution in [0.4, 0.5) is 28.4 Å². The highest BCUT2D eigenvalue weighted by atomic mass is 16.3. The van der Waals surface area contributed by atoms with Crippen LogP contribution in [-0.4, -0.2) is 5.11 Å². The predicted molar refractivity (Wildman–Crippen MR) is 148 cm³/mol. The number of aromatic hydroxyl groups is 1. The van der Waals surface area contributed by atoms with Crippen LogP contribution in [0.25, 0.3) is 21.5 Å². The van der Waals surface area contributed by atoms with Gasteiger partial charge in [0, 0.05) is 21.8 Å². The summed E-state index contributed by atoms with van der Waals surface area (Å²) in [5.74, 6) is 0.0317. The summed E-state index contributed by atoms with van der Waals surface area (Å²) < 4.78 is 0. The molecular weight excluding hydrogens is 446 g/mol. The highest BCUT2D eigenvalue weighted by molar-refractivity contribution is 6.03. The van der Waals surface area contributed by atoms with Crippen molar-refractivity contribution >= 4 is 50.0 Å². The first kappa shape index (κ1) is 23.2. The Labute approximate surface area is 209 Å². The maximum atomic E-state index is 11.0.